The van der Waals surface area contributed by atoms with Crippen molar-refractivity contribution in [3.63, 3.8) is 0 Å². The van der Waals surface area contributed by atoms with Crippen LogP contribution in [0.4, 0.5) is 0 Å². The van der Waals surface area contributed by atoms with E-state index in [2.05, 4.69) is 4.98 Å². The van der Waals surface area contributed by atoms with E-state index in [9.17, 15) is 4.79 Å². The fraction of sp³-hybridized carbons (Fsp3) is 0.300. The second-order valence-electron chi connectivity index (χ2n) is 6.58. The Balaban J connectivity index is 1.97. The lowest BCUT2D eigenvalue weighted by Crippen LogP contribution is -2.23. The van der Waals surface area contributed by atoms with E-state index in [0.717, 1.165) is 29.3 Å². The number of aromatic nitrogens is 2. The van der Waals surface area contributed by atoms with Crippen molar-refractivity contribution in [1.82, 2.24) is 9.55 Å². The number of ether oxygens (including phenoxy) is 2. The van der Waals surface area contributed by atoms with Crippen molar-refractivity contribution in [1.29, 1.82) is 0 Å². The maximum Gasteiger partial charge on any atom is 0.258 e. The second kappa shape index (κ2) is 6.65. The zero-order chi connectivity index (χ0) is 18.3. The number of hydrogen-bond acceptors (Lipinski definition) is 4. The van der Waals surface area contributed by atoms with Gasteiger partial charge < -0.3 is 14.0 Å². The molecule has 1 aromatic carbocycles. The van der Waals surface area contributed by atoms with Crippen LogP contribution < -0.4 is 15.0 Å². The van der Waals surface area contributed by atoms with Gasteiger partial charge in [0, 0.05) is 29.8 Å². The molecule has 4 rings (SSSR count). The molecule has 0 radical (unpaired) electrons. The van der Waals surface area contributed by atoms with Crippen LogP contribution in [0.1, 0.15) is 12.8 Å². The van der Waals surface area contributed by atoms with Gasteiger partial charge in [-0.3, -0.25) is 4.79 Å². The maximum absolute atomic E-state index is 13.3. The fourth-order valence-electron chi connectivity index (χ4n) is 3.16. The molecule has 0 unspecified atom stereocenters. The summed E-state index contributed by atoms with van der Waals surface area (Å²) in [7, 11) is 3.19. The number of hydrogen-bond donors (Lipinski definition) is 0. The molecule has 0 atom stereocenters. The summed E-state index contributed by atoms with van der Waals surface area (Å²) in [6, 6.07) is 9.09. The number of benzene rings is 1. The highest BCUT2D eigenvalue weighted by atomic mass is 35.5. The monoisotopic (exact) mass is 370 g/mol. The summed E-state index contributed by atoms with van der Waals surface area (Å²) in [5.41, 5.74) is 2.13. The molecule has 0 amide bonds. The summed E-state index contributed by atoms with van der Waals surface area (Å²) in [6.45, 7) is 0.699. The Kier molecular flexibility index (Phi) is 4.32. The van der Waals surface area contributed by atoms with Crippen molar-refractivity contribution in [2.45, 2.75) is 19.4 Å². The first kappa shape index (κ1) is 16.9. The van der Waals surface area contributed by atoms with E-state index in [4.69, 9.17) is 21.1 Å². The molecule has 0 saturated heterocycles. The van der Waals surface area contributed by atoms with E-state index in [1.165, 1.54) is 0 Å². The zero-order valence-electron chi connectivity index (χ0n) is 14.7. The van der Waals surface area contributed by atoms with Crippen molar-refractivity contribution in [3.05, 3.63) is 52.0 Å². The third-order valence-corrected chi connectivity index (χ3v) is 4.95. The van der Waals surface area contributed by atoms with E-state index in [-0.39, 0.29) is 5.56 Å². The van der Waals surface area contributed by atoms with Crippen LogP contribution in [-0.2, 0) is 6.54 Å². The predicted molar refractivity (Wildman–Crippen MR) is 102 cm³/mol. The van der Waals surface area contributed by atoms with Gasteiger partial charge in [0.2, 0.25) is 0 Å². The normalized spacial score (nSPS) is 13.8. The summed E-state index contributed by atoms with van der Waals surface area (Å²) in [4.78, 5) is 17.5. The highest BCUT2D eigenvalue weighted by molar-refractivity contribution is 6.30. The Morgan fingerprint density at radius 3 is 2.42 bits per heavy atom. The number of methoxy groups -OCH3 is 2. The van der Waals surface area contributed by atoms with Crippen molar-refractivity contribution in [2.24, 2.45) is 5.92 Å². The van der Waals surface area contributed by atoms with Crippen LogP contribution in [-0.4, -0.2) is 23.8 Å². The first-order chi connectivity index (χ1) is 12.6. The summed E-state index contributed by atoms with van der Waals surface area (Å²) in [5.74, 6) is 1.83. The van der Waals surface area contributed by atoms with Crippen LogP contribution >= 0.6 is 11.6 Å². The lowest BCUT2D eigenvalue weighted by Gasteiger charge is -2.14. The lowest BCUT2D eigenvalue weighted by molar-refractivity contribution is 0.394. The minimum Gasteiger partial charge on any atom is -0.497 e. The molecular formula is C20H19ClN2O3. The Hall–Kier alpha value is -2.53. The van der Waals surface area contributed by atoms with Gasteiger partial charge in [-0.2, -0.15) is 0 Å². The van der Waals surface area contributed by atoms with Crippen LogP contribution in [0.25, 0.3) is 22.0 Å². The molecule has 0 spiro atoms. The van der Waals surface area contributed by atoms with Gasteiger partial charge >= 0.3 is 0 Å². The number of pyridine rings is 2. The Labute approximate surface area is 156 Å². The van der Waals surface area contributed by atoms with Crippen molar-refractivity contribution < 1.29 is 9.47 Å². The average molecular weight is 371 g/mol. The number of halogens is 1. The molecular weight excluding hydrogens is 352 g/mol. The van der Waals surface area contributed by atoms with Gasteiger partial charge in [-0.05, 0) is 48.6 Å². The zero-order valence-corrected chi connectivity index (χ0v) is 15.4. The Morgan fingerprint density at radius 2 is 1.81 bits per heavy atom. The van der Waals surface area contributed by atoms with E-state index >= 15 is 0 Å². The first-order valence-corrected chi connectivity index (χ1v) is 8.89. The summed E-state index contributed by atoms with van der Waals surface area (Å²) >= 11 is 6.07. The van der Waals surface area contributed by atoms with E-state index in [0.29, 0.717) is 34.7 Å². The third-order valence-electron chi connectivity index (χ3n) is 4.74. The van der Waals surface area contributed by atoms with Gasteiger partial charge in [0.05, 0.1) is 19.7 Å². The first-order valence-electron chi connectivity index (χ1n) is 8.51. The minimum atomic E-state index is -0.0398. The molecule has 0 aliphatic heterocycles. The topological polar surface area (TPSA) is 53.4 Å². The maximum atomic E-state index is 13.3. The van der Waals surface area contributed by atoms with Crippen molar-refractivity contribution >= 4 is 22.5 Å². The van der Waals surface area contributed by atoms with Crippen molar-refractivity contribution in [2.75, 3.05) is 14.2 Å². The molecule has 6 heteroatoms. The van der Waals surface area contributed by atoms with Crippen LogP contribution in [0.2, 0.25) is 5.15 Å². The van der Waals surface area contributed by atoms with E-state index < -0.39 is 0 Å². The van der Waals surface area contributed by atoms with Crippen molar-refractivity contribution in [3.8, 4) is 22.6 Å². The fourth-order valence-corrected chi connectivity index (χ4v) is 3.31. The van der Waals surface area contributed by atoms with Gasteiger partial charge in [0.15, 0.2) is 0 Å². The summed E-state index contributed by atoms with van der Waals surface area (Å²) in [5, 5.41) is 1.27. The van der Waals surface area contributed by atoms with Crippen LogP contribution in [0.3, 0.4) is 0 Å². The number of rotatable bonds is 5. The molecule has 0 bridgehead atoms. The molecule has 2 aromatic heterocycles. The molecule has 1 aliphatic carbocycles. The standard InChI is InChI=1S/C20H19ClN2O3/c1-25-15-5-13(6-16(8-15)26-2)17-7-14-10-22-19(21)9-18(14)23(20(17)24)11-12-3-4-12/h5-10,12H,3-4,11H2,1-2H3. The number of nitrogens with zero attached hydrogens (tertiary/aromatic N) is 2. The largest absolute Gasteiger partial charge is 0.497 e. The summed E-state index contributed by atoms with van der Waals surface area (Å²) < 4.78 is 12.5. The summed E-state index contributed by atoms with van der Waals surface area (Å²) in [6.07, 6.45) is 4.02. The molecule has 1 saturated carbocycles. The molecule has 26 heavy (non-hydrogen) atoms. The number of fused-ring (bicyclic) bond motifs is 1. The predicted octanol–water partition coefficient (Wildman–Crippen LogP) is 4.14. The Bertz CT molecular complexity index is 1020. The SMILES string of the molecule is COc1cc(OC)cc(-c2cc3cnc(Cl)cc3n(CC3CC3)c2=O)c1. The van der Waals surface area contributed by atoms with Gasteiger partial charge in [0.1, 0.15) is 16.7 Å². The molecule has 3 aromatic rings. The highest BCUT2D eigenvalue weighted by Crippen LogP contribution is 2.33. The highest BCUT2D eigenvalue weighted by Gasteiger charge is 2.24. The minimum absolute atomic E-state index is 0.0398. The smallest absolute Gasteiger partial charge is 0.258 e. The van der Waals surface area contributed by atoms with E-state index in [1.807, 2.05) is 22.8 Å². The molecule has 2 heterocycles. The van der Waals surface area contributed by atoms with Crippen LogP contribution in [0.15, 0.2) is 41.3 Å². The van der Waals surface area contributed by atoms with Crippen LogP contribution in [0, 0.1) is 5.92 Å². The van der Waals surface area contributed by atoms with Gasteiger partial charge in [0.25, 0.3) is 5.56 Å². The molecule has 134 valence electrons. The van der Waals surface area contributed by atoms with Gasteiger partial charge in [-0.1, -0.05) is 11.6 Å². The van der Waals surface area contributed by atoms with Gasteiger partial charge in [-0.25, -0.2) is 4.98 Å². The molecule has 1 fully saturated rings. The van der Waals surface area contributed by atoms with Crippen LogP contribution in [0.5, 0.6) is 11.5 Å². The van der Waals surface area contributed by atoms with Gasteiger partial charge in [-0.15, -0.1) is 0 Å². The third kappa shape index (κ3) is 3.15. The second-order valence-corrected chi connectivity index (χ2v) is 6.97. The molecule has 5 nitrogen and oxygen atoms in total. The molecule has 1 aliphatic rings. The average Bonchev–Trinajstić information content (AvgIpc) is 3.47. The van der Waals surface area contributed by atoms with E-state index in [1.54, 1.807) is 32.5 Å². The Morgan fingerprint density at radius 1 is 1.12 bits per heavy atom. The quantitative estimate of drug-likeness (QED) is 0.633. The molecule has 0 N–H and O–H groups in total. The lowest BCUT2D eigenvalue weighted by atomic mass is 10.0.